The smallest absolute Gasteiger partial charge is 0.353 e. The summed E-state index contributed by atoms with van der Waals surface area (Å²) in [4.78, 5) is 25.7. The Morgan fingerprint density at radius 2 is 1.38 bits per heavy atom. The summed E-state index contributed by atoms with van der Waals surface area (Å²) in [5, 5.41) is 2.27. The Bertz CT molecular complexity index is 1310. The first-order valence-corrected chi connectivity index (χ1v) is 14.2. The number of rotatable bonds is 12. The van der Waals surface area contributed by atoms with Gasteiger partial charge in [0.25, 0.3) is 0 Å². The molecule has 2 amide bonds. The molecule has 0 radical (unpaired) electrons. The number of carbonyl (C=O) groups excluding carboxylic acids is 2. The largest absolute Gasteiger partial charge is 1.00 e. The van der Waals surface area contributed by atoms with Crippen LogP contribution in [0.15, 0.2) is 30.3 Å². The molecule has 0 spiro atoms. The molecule has 2 rings (SSSR count). The fourth-order valence-electron chi connectivity index (χ4n) is 3.39. The molecule has 0 saturated carbocycles. The van der Waals surface area contributed by atoms with Crippen LogP contribution in [0.2, 0.25) is 0 Å². The van der Waals surface area contributed by atoms with Crippen molar-refractivity contribution in [1.29, 1.82) is 0 Å². The summed E-state index contributed by atoms with van der Waals surface area (Å²) < 4.78 is 119. The molecule has 1 fully saturated rings. The van der Waals surface area contributed by atoms with Crippen molar-refractivity contribution in [3.05, 3.63) is 30.3 Å². The molecule has 0 aromatic heterocycles. The predicted octanol–water partition coefficient (Wildman–Crippen LogP) is -4.90. The summed E-state index contributed by atoms with van der Waals surface area (Å²) in [5.41, 5.74) is 0.364. The number of benzene rings is 1. The third-order valence-electron chi connectivity index (χ3n) is 4.77. The number of carbonyl (C=O) groups is 2. The molecule has 22 heteroatoms. The summed E-state index contributed by atoms with van der Waals surface area (Å²) in [7, 11) is -15.5. The summed E-state index contributed by atoms with van der Waals surface area (Å²) >= 11 is 0. The molecule has 5 atom stereocenters. The molecular formula is C17H24N2NaO16S3+. The molecule has 1 heterocycles. The van der Waals surface area contributed by atoms with Gasteiger partial charge in [0.15, 0.2) is 12.4 Å². The van der Waals surface area contributed by atoms with E-state index < -0.39 is 86.8 Å². The standard InChI is InChI=1S/C17H24N2O16S3.Na/c1-10(20)19(11-6-4-3-5-7-11)9-13(21)18-8-12-14(33-36(22,23)24)15(34-37(25,26)27)16(17(31-2)32-12)35-38(28,29)30;/h3-7,12,14-17H,8-9H2,1-2H3,(H,18,21)(H,22,23,24)(H,25,26,27)(H,28,29,30);/q;+1/t12-,14-,15+,16+,17+;/m1./s1. The fourth-order valence-corrected chi connectivity index (χ4v) is 4.88. The van der Waals surface area contributed by atoms with Crippen LogP contribution in [-0.2, 0) is 62.8 Å². The van der Waals surface area contributed by atoms with E-state index in [1.54, 1.807) is 30.3 Å². The number of anilines is 1. The molecule has 1 aliphatic heterocycles. The van der Waals surface area contributed by atoms with Crippen LogP contribution in [0, 0.1) is 0 Å². The van der Waals surface area contributed by atoms with Crippen molar-refractivity contribution in [2.45, 2.75) is 37.6 Å². The molecule has 1 aliphatic rings. The molecule has 216 valence electrons. The zero-order valence-corrected chi connectivity index (χ0v) is 25.0. The first-order valence-electron chi connectivity index (χ1n) is 10.2. The second-order valence-electron chi connectivity index (χ2n) is 7.49. The normalized spacial score (nSPS) is 23.9. The van der Waals surface area contributed by atoms with Crippen LogP contribution in [0.1, 0.15) is 6.92 Å². The van der Waals surface area contributed by atoms with Crippen molar-refractivity contribution in [1.82, 2.24) is 5.32 Å². The van der Waals surface area contributed by atoms with Crippen LogP contribution in [0.25, 0.3) is 0 Å². The summed E-state index contributed by atoms with van der Waals surface area (Å²) in [6.45, 7) is -0.0807. The first-order chi connectivity index (χ1) is 17.4. The van der Waals surface area contributed by atoms with E-state index in [1.807, 2.05) is 0 Å². The Morgan fingerprint density at radius 3 is 1.85 bits per heavy atom. The van der Waals surface area contributed by atoms with Gasteiger partial charge in [0, 0.05) is 26.3 Å². The van der Waals surface area contributed by atoms with Crippen molar-refractivity contribution in [3.63, 3.8) is 0 Å². The Labute approximate surface area is 246 Å². The van der Waals surface area contributed by atoms with Gasteiger partial charge < -0.3 is 19.7 Å². The zero-order valence-electron chi connectivity index (χ0n) is 20.5. The number of nitrogens with one attached hydrogen (secondary N) is 1. The van der Waals surface area contributed by atoms with Crippen molar-refractivity contribution in [2.75, 3.05) is 25.1 Å². The van der Waals surface area contributed by atoms with E-state index in [-0.39, 0.29) is 29.6 Å². The Balaban J connectivity index is 0.00000760. The van der Waals surface area contributed by atoms with Gasteiger partial charge in [-0.25, -0.2) is 12.5 Å². The van der Waals surface area contributed by atoms with E-state index in [0.717, 1.165) is 12.0 Å². The van der Waals surface area contributed by atoms with Crippen molar-refractivity contribution in [2.24, 2.45) is 0 Å². The number of ether oxygens (including phenoxy) is 2. The third-order valence-corrected chi connectivity index (χ3v) is 6.17. The number of amides is 2. The summed E-state index contributed by atoms with van der Waals surface area (Å²) in [6.07, 6.45) is -10.9. The van der Waals surface area contributed by atoms with Crippen LogP contribution in [-0.4, -0.2) is 102 Å². The maximum absolute atomic E-state index is 12.6. The van der Waals surface area contributed by atoms with Gasteiger partial charge in [-0.2, -0.15) is 25.3 Å². The van der Waals surface area contributed by atoms with Crippen LogP contribution < -0.4 is 39.8 Å². The van der Waals surface area contributed by atoms with Crippen molar-refractivity contribution in [3.8, 4) is 0 Å². The van der Waals surface area contributed by atoms with E-state index in [9.17, 15) is 39.4 Å². The SMILES string of the molecule is CO[C@H]1O[C@H](CNC(=O)CN(C(C)=O)c2ccccc2)[C@@H](OS(=O)(=O)O)[C@H](OS(=O)(=O)O)[C@@H]1OS(=O)(=O)O.[Na+]. The maximum atomic E-state index is 12.6. The second kappa shape index (κ2) is 14.5. The van der Waals surface area contributed by atoms with Gasteiger partial charge in [-0.05, 0) is 12.1 Å². The fraction of sp³-hybridized carbons (Fsp3) is 0.529. The first kappa shape index (κ1) is 35.7. The van der Waals surface area contributed by atoms with Gasteiger partial charge in [-0.15, -0.1) is 0 Å². The summed E-state index contributed by atoms with van der Waals surface area (Å²) in [6, 6.07) is 7.99. The van der Waals surface area contributed by atoms with E-state index in [1.165, 1.54) is 6.92 Å². The Kier molecular flexibility index (Phi) is 13.3. The summed E-state index contributed by atoms with van der Waals surface area (Å²) in [5.74, 6) is -1.35. The maximum Gasteiger partial charge on any atom is 1.00 e. The van der Waals surface area contributed by atoms with E-state index in [0.29, 0.717) is 5.69 Å². The van der Waals surface area contributed by atoms with Gasteiger partial charge in [0.05, 0.1) is 0 Å². The Hall–Kier alpha value is -1.31. The predicted molar refractivity (Wildman–Crippen MR) is 122 cm³/mol. The number of hydrogen-bond acceptors (Lipinski definition) is 13. The van der Waals surface area contributed by atoms with Crippen LogP contribution in [0.5, 0.6) is 0 Å². The minimum atomic E-state index is -5.50. The van der Waals surface area contributed by atoms with Gasteiger partial charge in [0.1, 0.15) is 24.9 Å². The van der Waals surface area contributed by atoms with E-state index in [4.69, 9.17) is 18.6 Å². The molecule has 1 aromatic carbocycles. The topological polar surface area (TPSA) is 259 Å². The van der Waals surface area contributed by atoms with Gasteiger partial charge in [-0.3, -0.25) is 23.2 Å². The number of methoxy groups -OCH3 is 1. The minimum absolute atomic E-state index is 0. The minimum Gasteiger partial charge on any atom is -0.353 e. The quantitative estimate of drug-likeness (QED) is 0.124. The monoisotopic (exact) mass is 631 g/mol. The third kappa shape index (κ3) is 12.0. The number of nitrogens with zero attached hydrogens (tertiary/aromatic N) is 1. The van der Waals surface area contributed by atoms with Gasteiger partial charge >= 0.3 is 60.8 Å². The Morgan fingerprint density at radius 1 is 0.897 bits per heavy atom. The second-order valence-corrected chi connectivity index (χ2v) is 10.6. The van der Waals surface area contributed by atoms with Crippen molar-refractivity contribution >= 4 is 48.7 Å². The molecule has 0 bridgehead atoms. The molecule has 39 heavy (non-hydrogen) atoms. The molecular weight excluding hydrogens is 607 g/mol. The zero-order chi connectivity index (χ0) is 28.9. The average Bonchev–Trinajstić information content (AvgIpc) is 2.76. The molecule has 1 saturated heterocycles. The van der Waals surface area contributed by atoms with Crippen LogP contribution in [0.3, 0.4) is 0 Å². The number of para-hydroxylation sites is 1. The molecule has 0 unspecified atom stereocenters. The van der Waals surface area contributed by atoms with E-state index in [2.05, 4.69) is 17.9 Å². The molecule has 1 aromatic rings. The van der Waals surface area contributed by atoms with Crippen molar-refractivity contribution < 1.29 is 100 Å². The van der Waals surface area contributed by atoms with E-state index >= 15 is 0 Å². The average molecular weight is 632 g/mol. The van der Waals surface area contributed by atoms with Crippen LogP contribution >= 0.6 is 0 Å². The number of hydrogen-bond donors (Lipinski definition) is 4. The molecule has 18 nitrogen and oxygen atoms in total. The van der Waals surface area contributed by atoms with Gasteiger partial charge in [0.2, 0.25) is 11.8 Å². The molecule has 0 aliphatic carbocycles. The molecule has 4 N–H and O–H groups in total. The van der Waals surface area contributed by atoms with Crippen LogP contribution in [0.4, 0.5) is 5.69 Å². The van der Waals surface area contributed by atoms with Gasteiger partial charge in [-0.1, -0.05) is 18.2 Å².